The minimum absolute atomic E-state index is 0.0219. The van der Waals surface area contributed by atoms with Gasteiger partial charge in [0.05, 0.1) is 12.2 Å². The number of ketones is 1. The van der Waals surface area contributed by atoms with Crippen LogP contribution >= 0.6 is 0 Å². The highest BCUT2D eigenvalue weighted by atomic mass is 19.4. The quantitative estimate of drug-likeness (QED) is 0.788. The summed E-state index contributed by atoms with van der Waals surface area (Å²) in [6.45, 7) is -0.0229. The van der Waals surface area contributed by atoms with Crippen LogP contribution in [0.2, 0.25) is 0 Å². The van der Waals surface area contributed by atoms with E-state index < -0.39 is 29.5 Å². The van der Waals surface area contributed by atoms with Gasteiger partial charge in [-0.25, -0.2) is 0 Å². The normalized spacial score (nSPS) is 19.8. The van der Waals surface area contributed by atoms with Crippen LogP contribution in [0.15, 0.2) is 48.5 Å². The van der Waals surface area contributed by atoms with Crippen molar-refractivity contribution in [3.63, 3.8) is 0 Å². The molecule has 1 aliphatic rings. The second-order valence-electron chi connectivity index (χ2n) is 6.52. The van der Waals surface area contributed by atoms with Gasteiger partial charge in [0, 0.05) is 18.9 Å². The highest BCUT2D eigenvalue weighted by Crippen LogP contribution is 2.34. The topological polar surface area (TPSA) is 66.4 Å². The number of hydrogen-bond donors (Lipinski definition) is 2. The van der Waals surface area contributed by atoms with E-state index in [9.17, 15) is 27.9 Å². The summed E-state index contributed by atoms with van der Waals surface area (Å²) in [6.07, 6.45) is -4.46. The minimum atomic E-state index is -4.44. The third kappa shape index (κ3) is 4.03. The predicted octanol–water partition coefficient (Wildman–Crippen LogP) is 2.84. The third-order valence-electron chi connectivity index (χ3n) is 4.85. The fourth-order valence-corrected chi connectivity index (χ4v) is 3.40. The summed E-state index contributed by atoms with van der Waals surface area (Å²) in [5, 5.41) is 12.0. The number of amides is 1. The van der Waals surface area contributed by atoms with Gasteiger partial charge in [0.1, 0.15) is 11.7 Å². The number of hydrogen-bond acceptors (Lipinski definition) is 3. The predicted molar refractivity (Wildman–Crippen MR) is 91.8 cm³/mol. The van der Waals surface area contributed by atoms with Crippen LogP contribution in [-0.4, -0.2) is 23.3 Å². The fourth-order valence-electron chi connectivity index (χ4n) is 3.40. The molecule has 0 spiro atoms. The van der Waals surface area contributed by atoms with Crippen LogP contribution in [0.4, 0.5) is 13.2 Å². The fraction of sp³-hybridized carbons (Fsp3) is 0.300. The number of carbonyl (C=O) groups excluding carboxylic acids is 2. The average Bonchev–Trinajstić information content (AvgIpc) is 3.03. The van der Waals surface area contributed by atoms with Gasteiger partial charge in [-0.2, -0.15) is 13.2 Å². The summed E-state index contributed by atoms with van der Waals surface area (Å²) in [7, 11) is 0. The van der Waals surface area contributed by atoms with Gasteiger partial charge < -0.3 is 10.4 Å². The molecule has 0 aliphatic carbocycles. The lowest BCUT2D eigenvalue weighted by atomic mass is 9.83. The molecule has 0 bridgehead atoms. The maximum absolute atomic E-state index is 12.8. The first-order chi connectivity index (χ1) is 12.8. The van der Waals surface area contributed by atoms with Crippen LogP contribution < -0.4 is 5.32 Å². The van der Waals surface area contributed by atoms with Crippen LogP contribution in [0.25, 0.3) is 0 Å². The Morgan fingerprint density at radius 1 is 1.07 bits per heavy atom. The molecule has 0 saturated carbocycles. The lowest BCUT2D eigenvalue weighted by molar-refractivity contribution is -0.137. The molecule has 7 heteroatoms. The van der Waals surface area contributed by atoms with E-state index in [0.717, 1.165) is 12.1 Å². The Kier molecular flexibility index (Phi) is 5.32. The molecule has 2 aromatic carbocycles. The smallest absolute Gasteiger partial charge is 0.392 e. The van der Waals surface area contributed by atoms with Gasteiger partial charge in [-0.05, 0) is 28.8 Å². The van der Waals surface area contributed by atoms with Gasteiger partial charge in [0.2, 0.25) is 5.91 Å². The van der Waals surface area contributed by atoms with Crippen molar-refractivity contribution in [1.82, 2.24) is 5.32 Å². The molecule has 1 unspecified atom stereocenters. The number of Topliss-reactive ketones (excluding diaryl/α,β-unsaturated/α-hetero) is 1. The Morgan fingerprint density at radius 2 is 1.70 bits per heavy atom. The Morgan fingerprint density at radius 3 is 2.30 bits per heavy atom. The van der Waals surface area contributed by atoms with Crippen LogP contribution in [0.3, 0.4) is 0 Å². The second-order valence-corrected chi connectivity index (χ2v) is 6.52. The van der Waals surface area contributed by atoms with E-state index in [1.807, 2.05) is 0 Å². The minimum Gasteiger partial charge on any atom is -0.392 e. The summed E-state index contributed by atoms with van der Waals surface area (Å²) < 4.78 is 38.2. The van der Waals surface area contributed by atoms with Crippen molar-refractivity contribution in [3.05, 3.63) is 70.8 Å². The first kappa shape index (κ1) is 19.1. The van der Waals surface area contributed by atoms with E-state index in [1.165, 1.54) is 12.1 Å². The summed E-state index contributed by atoms with van der Waals surface area (Å²) in [5.41, 5.74) is 0.977. The highest BCUT2D eigenvalue weighted by molar-refractivity contribution is 6.04. The summed E-state index contributed by atoms with van der Waals surface area (Å²) in [4.78, 5) is 25.0. The van der Waals surface area contributed by atoms with Gasteiger partial charge in [-0.3, -0.25) is 9.59 Å². The molecule has 3 rings (SSSR count). The lowest BCUT2D eigenvalue weighted by Gasteiger charge is -2.18. The number of benzene rings is 2. The second kappa shape index (κ2) is 7.52. The Labute approximate surface area is 154 Å². The summed E-state index contributed by atoms with van der Waals surface area (Å²) in [5.74, 6) is -2.23. The van der Waals surface area contributed by atoms with Crippen molar-refractivity contribution in [3.8, 4) is 0 Å². The van der Waals surface area contributed by atoms with E-state index in [-0.39, 0.29) is 25.4 Å². The van der Waals surface area contributed by atoms with Crippen molar-refractivity contribution in [2.75, 3.05) is 6.54 Å². The maximum atomic E-state index is 12.8. The molecule has 1 saturated heterocycles. The zero-order valence-electron chi connectivity index (χ0n) is 14.3. The molecule has 142 valence electrons. The van der Waals surface area contributed by atoms with Crippen molar-refractivity contribution >= 4 is 11.7 Å². The maximum Gasteiger partial charge on any atom is 0.416 e. The van der Waals surface area contributed by atoms with Gasteiger partial charge in [0.15, 0.2) is 0 Å². The monoisotopic (exact) mass is 377 g/mol. The van der Waals surface area contributed by atoms with Crippen molar-refractivity contribution in [2.45, 2.75) is 25.1 Å². The van der Waals surface area contributed by atoms with Gasteiger partial charge in [0.25, 0.3) is 0 Å². The van der Waals surface area contributed by atoms with Crippen LogP contribution in [0.5, 0.6) is 0 Å². The molecule has 4 nitrogen and oxygen atoms in total. The molecule has 0 radical (unpaired) electrons. The number of rotatable bonds is 5. The van der Waals surface area contributed by atoms with Crippen molar-refractivity contribution in [2.24, 2.45) is 5.92 Å². The SMILES string of the molecule is O=C(Cc1ccccc1CO)C1C(=O)NC[C@@H]1c1ccc(C(F)(F)F)cc1. The van der Waals surface area contributed by atoms with E-state index in [1.54, 1.807) is 24.3 Å². The number of nitrogens with one attached hydrogen (secondary N) is 1. The third-order valence-corrected chi connectivity index (χ3v) is 4.85. The number of carbonyl (C=O) groups is 2. The molecular formula is C20H18F3NO3. The Hall–Kier alpha value is -2.67. The number of aliphatic hydroxyl groups is 1. The van der Waals surface area contributed by atoms with Crippen LogP contribution in [0, 0.1) is 5.92 Å². The number of halogens is 3. The number of aliphatic hydroxyl groups excluding tert-OH is 1. The molecule has 2 atom stereocenters. The molecule has 1 fully saturated rings. The van der Waals surface area contributed by atoms with Crippen molar-refractivity contribution < 1.29 is 27.9 Å². The summed E-state index contributed by atoms with van der Waals surface area (Å²) in [6, 6.07) is 11.4. The molecule has 2 aromatic rings. The molecular weight excluding hydrogens is 359 g/mol. The molecule has 2 N–H and O–H groups in total. The zero-order valence-corrected chi connectivity index (χ0v) is 14.3. The standard InChI is InChI=1S/C20H18F3NO3/c21-20(22,23)15-7-5-12(6-8-15)16-10-24-19(27)18(16)17(26)9-13-3-1-2-4-14(13)11-25/h1-8,16,18,25H,9-11H2,(H,24,27)/t16-,18?/m1/s1. The van der Waals surface area contributed by atoms with E-state index in [0.29, 0.717) is 16.7 Å². The van der Waals surface area contributed by atoms with Gasteiger partial charge in [-0.1, -0.05) is 36.4 Å². The van der Waals surface area contributed by atoms with Crippen LogP contribution in [-0.2, 0) is 28.8 Å². The first-order valence-electron chi connectivity index (χ1n) is 8.46. The largest absolute Gasteiger partial charge is 0.416 e. The van der Waals surface area contributed by atoms with E-state index >= 15 is 0 Å². The Bertz CT molecular complexity index is 846. The zero-order chi connectivity index (χ0) is 19.6. The van der Waals surface area contributed by atoms with Gasteiger partial charge in [-0.15, -0.1) is 0 Å². The lowest BCUT2D eigenvalue weighted by Crippen LogP contribution is -2.28. The molecule has 27 heavy (non-hydrogen) atoms. The molecule has 1 aliphatic heterocycles. The van der Waals surface area contributed by atoms with Crippen LogP contribution in [0.1, 0.15) is 28.2 Å². The molecule has 1 heterocycles. The molecule has 0 aromatic heterocycles. The average molecular weight is 377 g/mol. The Balaban J connectivity index is 1.83. The van der Waals surface area contributed by atoms with Crippen molar-refractivity contribution in [1.29, 1.82) is 0 Å². The number of alkyl halides is 3. The van der Waals surface area contributed by atoms with E-state index in [4.69, 9.17) is 0 Å². The van der Waals surface area contributed by atoms with E-state index in [2.05, 4.69) is 5.32 Å². The molecule has 1 amide bonds. The first-order valence-corrected chi connectivity index (χ1v) is 8.46. The highest BCUT2D eigenvalue weighted by Gasteiger charge is 2.41. The summed E-state index contributed by atoms with van der Waals surface area (Å²) >= 11 is 0. The van der Waals surface area contributed by atoms with Gasteiger partial charge >= 0.3 is 6.18 Å².